The zero-order valence-corrected chi connectivity index (χ0v) is 13.6. The number of hydrogen-bond donors (Lipinski definition) is 1. The van der Waals surface area contributed by atoms with Crippen molar-refractivity contribution < 1.29 is 19.1 Å². The number of carbonyl (C=O) groups excluding carboxylic acids is 3. The van der Waals surface area contributed by atoms with Crippen LogP contribution in [0.3, 0.4) is 0 Å². The van der Waals surface area contributed by atoms with Crippen molar-refractivity contribution in [3.8, 4) is 0 Å². The SMILES string of the molecule is CC(C)(C)OC(=O)N1C(=O)[C@@H]2C=C[C@@H]1C2.O=C1N[C@@H]2C=C[C@@H]1C2. The van der Waals surface area contributed by atoms with Gasteiger partial charge < -0.3 is 10.1 Å². The molecule has 1 N–H and O–H groups in total. The Balaban J connectivity index is 0.000000162. The van der Waals surface area contributed by atoms with E-state index < -0.39 is 11.7 Å². The summed E-state index contributed by atoms with van der Waals surface area (Å²) in [5.41, 5.74) is -0.553. The molecule has 0 saturated carbocycles. The number of rotatable bonds is 0. The first kappa shape index (κ1) is 15.8. The van der Waals surface area contributed by atoms with Gasteiger partial charge in [0, 0.05) is 6.04 Å². The molecule has 4 bridgehead atoms. The number of fused-ring (bicyclic) bond motifs is 4. The summed E-state index contributed by atoms with van der Waals surface area (Å²) in [7, 11) is 0. The number of carbonyl (C=O) groups is 3. The van der Waals surface area contributed by atoms with Crippen LogP contribution in [0, 0.1) is 11.8 Å². The van der Waals surface area contributed by atoms with Crippen molar-refractivity contribution in [2.45, 2.75) is 51.3 Å². The van der Waals surface area contributed by atoms with Crippen LogP contribution in [0.25, 0.3) is 0 Å². The van der Waals surface area contributed by atoms with E-state index in [9.17, 15) is 14.4 Å². The average molecular weight is 318 g/mol. The Hall–Kier alpha value is -2.11. The number of likely N-dealkylation sites (tertiary alicyclic amines) is 1. The molecule has 124 valence electrons. The highest BCUT2D eigenvalue weighted by Gasteiger charge is 2.45. The molecular weight excluding hydrogens is 296 g/mol. The summed E-state index contributed by atoms with van der Waals surface area (Å²) in [5.74, 6) is 0.178. The van der Waals surface area contributed by atoms with Gasteiger partial charge in [-0.05, 0) is 33.6 Å². The number of amides is 3. The van der Waals surface area contributed by atoms with Gasteiger partial charge in [0.25, 0.3) is 0 Å². The van der Waals surface area contributed by atoms with Gasteiger partial charge in [0.15, 0.2) is 0 Å². The lowest BCUT2D eigenvalue weighted by Gasteiger charge is -2.26. The minimum atomic E-state index is -0.553. The van der Waals surface area contributed by atoms with E-state index >= 15 is 0 Å². The van der Waals surface area contributed by atoms with Crippen LogP contribution in [0.1, 0.15) is 33.6 Å². The van der Waals surface area contributed by atoms with Crippen LogP contribution in [0.2, 0.25) is 0 Å². The molecule has 0 aromatic heterocycles. The third-order valence-corrected chi connectivity index (χ3v) is 4.29. The van der Waals surface area contributed by atoms with Crippen molar-refractivity contribution in [2.24, 2.45) is 11.8 Å². The first-order chi connectivity index (χ1) is 10.7. The molecule has 2 aliphatic heterocycles. The first-order valence-electron chi connectivity index (χ1n) is 7.98. The standard InChI is InChI=1S/C11H15NO3.C6H7NO/c1-11(2,3)15-10(14)12-8-5-4-7(6-8)9(12)13;8-6-4-1-2-5(3-4)7-6/h4-5,7-8H,6H2,1-3H3;1-2,4-5H,3H2,(H,7,8)/t7-,8-;4-,5-/m11/s1. The molecule has 3 amide bonds. The van der Waals surface area contributed by atoms with Gasteiger partial charge in [-0.2, -0.15) is 0 Å². The lowest BCUT2D eigenvalue weighted by Crippen LogP contribution is -2.43. The molecule has 2 saturated heterocycles. The second-order valence-electron chi connectivity index (χ2n) is 7.33. The molecule has 6 nitrogen and oxygen atoms in total. The van der Waals surface area contributed by atoms with Crippen LogP contribution in [0.5, 0.6) is 0 Å². The molecule has 2 aliphatic carbocycles. The van der Waals surface area contributed by atoms with E-state index in [4.69, 9.17) is 4.74 Å². The van der Waals surface area contributed by atoms with Crippen LogP contribution >= 0.6 is 0 Å². The summed E-state index contributed by atoms with van der Waals surface area (Å²) >= 11 is 0. The Kier molecular flexibility index (Phi) is 3.78. The van der Waals surface area contributed by atoms with Crippen LogP contribution < -0.4 is 5.32 Å². The predicted molar refractivity (Wildman–Crippen MR) is 83.3 cm³/mol. The predicted octanol–water partition coefficient (Wildman–Crippen LogP) is 1.77. The highest BCUT2D eigenvalue weighted by atomic mass is 16.6. The minimum Gasteiger partial charge on any atom is -0.443 e. The van der Waals surface area contributed by atoms with E-state index in [1.54, 1.807) is 20.8 Å². The highest BCUT2D eigenvalue weighted by molar-refractivity contribution is 5.98. The van der Waals surface area contributed by atoms with E-state index in [2.05, 4.69) is 11.4 Å². The Bertz CT molecular complexity index is 602. The molecule has 4 atom stereocenters. The third kappa shape index (κ3) is 3.16. The maximum absolute atomic E-state index is 11.7. The number of ether oxygens (including phenoxy) is 1. The molecule has 2 heterocycles. The molecular formula is C17H22N2O4. The molecule has 6 heteroatoms. The van der Waals surface area contributed by atoms with Crippen LogP contribution in [-0.4, -0.2) is 40.5 Å². The highest BCUT2D eigenvalue weighted by Crippen LogP contribution is 2.33. The normalized spacial score (nSPS) is 32.9. The maximum atomic E-state index is 11.7. The van der Waals surface area contributed by atoms with Crippen molar-refractivity contribution in [1.82, 2.24) is 10.2 Å². The van der Waals surface area contributed by atoms with Crippen molar-refractivity contribution in [3.63, 3.8) is 0 Å². The van der Waals surface area contributed by atoms with Crippen molar-refractivity contribution in [2.75, 3.05) is 0 Å². The van der Waals surface area contributed by atoms with Gasteiger partial charge in [0.1, 0.15) is 5.60 Å². The molecule has 0 unspecified atom stereocenters. The minimum absolute atomic E-state index is 0.0858. The van der Waals surface area contributed by atoms with E-state index in [0.29, 0.717) is 6.04 Å². The van der Waals surface area contributed by atoms with E-state index in [-0.39, 0.29) is 29.7 Å². The quantitative estimate of drug-likeness (QED) is 0.691. The van der Waals surface area contributed by atoms with Gasteiger partial charge in [0.2, 0.25) is 11.8 Å². The van der Waals surface area contributed by atoms with Gasteiger partial charge in [-0.3, -0.25) is 9.59 Å². The third-order valence-electron chi connectivity index (χ3n) is 4.29. The molecule has 4 rings (SSSR count). The maximum Gasteiger partial charge on any atom is 0.417 e. The van der Waals surface area contributed by atoms with Crippen molar-refractivity contribution >= 4 is 17.9 Å². The second kappa shape index (κ2) is 5.51. The van der Waals surface area contributed by atoms with E-state index in [1.165, 1.54) is 4.90 Å². The Morgan fingerprint density at radius 2 is 1.83 bits per heavy atom. The number of nitrogens with one attached hydrogen (secondary N) is 1. The lowest BCUT2D eigenvalue weighted by molar-refractivity contribution is -0.130. The molecule has 0 spiro atoms. The number of hydrogen-bond acceptors (Lipinski definition) is 4. The smallest absolute Gasteiger partial charge is 0.417 e. The van der Waals surface area contributed by atoms with Gasteiger partial charge in [0.05, 0.1) is 17.9 Å². The largest absolute Gasteiger partial charge is 0.443 e. The average Bonchev–Trinajstić information content (AvgIpc) is 3.15. The molecule has 0 radical (unpaired) electrons. The lowest BCUT2D eigenvalue weighted by atomic mass is 10.1. The molecule has 23 heavy (non-hydrogen) atoms. The summed E-state index contributed by atoms with van der Waals surface area (Å²) < 4.78 is 5.18. The monoisotopic (exact) mass is 318 g/mol. The van der Waals surface area contributed by atoms with Gasteiger partial charge in [-0.1, -0.05) is 24.3 Å². The Morgan fingerprint density at radius 1 is 1.13 bits per heavy atom. The van der Waals surface area contributed by atoms with Crippen molar-refractivity contribution in [1.29, 1.82) is 0 Å². The molecule has 0 aromatic carbocycles. The molecule has 0 aromatic rings. The zero-order valence-electron chi connectivity index (χ0n) is 13.6. The van der Waals surface area contributed by atoms with Gasteiger partial charge >= 0.3 is 6.09 Å². The summed E-state index contributed by atoms with van der Waals surface area (Å²) in [6, 6.07) is 0.282. The fourth-order valence-electron chi connectivity index (χ4n) is 3.22. The first-order valence-corrected chi connectivity index (χ1v) is 7.98. The summed E-state index contributed by atoms with van der Waals surface area (Å²) in [6.45, 7) is 5.37. The van der Waals surface area contributed by atoms with Gasteiger partial charge in [-0.25, -0.2) is 9.69 Å². The van der Waals surface area contributed by atoms with Crippen molar-refractivity contribution in [3.05, 3.63) is 24.3 Å². The van der Waals surface area contributed by atoms with Gasteiger partial charge in [-0.15, -0.1) is 0 Å². The second-order valence-corrected chi connectivity index (χ2v) is 7.33. The van der Waals surface area contributed by atoms with Crippen LogP contribution in [-0.2, 0) is 14.3 Å². The molecule has 4 aliphatic rings. The summed E-state index contributed by atoms with van der Waals surface area (Å²) in [6.07, 6.45) is 9.01. The molecule has 2 fully saturated rings. The fraction of sp³-hybridized carbons (Fsp3) is 0.588. The van der Waals surface area contributed by atoms with Crippen LogP contribution in [0.15, 0.2) is 24.3 Å². The Labute approximate surface area is 135 Å². The number of nitrogens with zero attached hydrogens (tertiary/aromatic N) is 1. The number of imide groups is 1. The topological polar surface area (TPSA) is 75.7 Å². The zero-order chi connectivity index (χ0) is 16.8. The van der Waals surface area contributed by atoms with E-state index in [0.717, 1.165) is 12.8 Å². The Morgan fingerprint density at radius 3 is 2.22 bits per heavy atom. The summed E-state index contributed by atoms with van der Waals surface area (Å²) in [5, 5.41) is 2.83. The summed E-state index contributed by atoms with van der Waals surface area (Å²) in [4.78, 5) is 35.3. The fourth-order valence-corrected chi connectivity index (χ4v) is 3.22. The van der Waals surface area contributed by atoms with Crippen LogP contribution in [0.4, 0.5) is 4.79 Å². The van der Waals surface area contributed by atoms with E-state index in [1.807, 2.05) is 18.2 Å².